The van der Waals surface area contributed by atoms with Gasteiger partial charge >= 0.3 is 0 Å². The summed E-state index contributed by atoms with van der Waals surface area (Å²) in [5.74, 6) is 0.778. The normalized spacial score (nSPS) is 15.2. The molecule has 0 aliphatic carbocycles. The van der Waals surface area contributed by atoms with E-state index in [-0.39, 0.29) is 12.5 Å². The number of methoxy groups -OCH3 is 1. The molecule has 1 aliphatic rings. The summed E-state index contributed by atoms with van der Waals surface area (Å²) in [7, 11) is 1.63. The summed E-state index contributed by atoms with van der Waals surface area (Å²) in [6, 6.07) is 7.77. The monoisotopic (exact) mass is 316 g/mol. The summed E-state index contributed by atoms with van der Waals surface area (Å²) < 4.78 is 12.3. The van der Waals surface area contributed by atoms with E-state index in [0.29, 0.717) is 26.3 Å². The first kappa shape index (κ1) is 15.7. The van der Waals surface area contributed by atoms with Gasteiger partial charge in [0, 0.05) is 37.8 Å². The van der Waals surface area contributed by atoms with E-state index in [2.05, 4.69) is 4.98 Å². The van der Waals surface area contributed by atoms with Crippen molar-refractivity contribution in [3.8, 4) is 5.69 Å². The molecule has 7 nitrogen and oxygen atoms in total. The second kappa shape index (κ2) is 6.91. The second-order valence-corrected chi connectivity index (χ2v) is 5.27. The van der Waals surface area contributed by atoms with Crippen molar-refractivity contribution in [1.82, 2.24) is 9.55 Å². The van der Waals surface area contributed by atoms with E-state index >= 15 is 0 Å². The Morgan fingerprint density at radius 3 is 2.70 bits per heavy atom. The molecule has 0 atom stereocenters. The number of morpholine rings is 1. The molecule has 7 heteroatoms. The number of aromatic nitrogens is 2. The molecule has 1 saturated heterocycles. The van der Waals surface area contributed by atoms with E-state index < -0.39 is 0 Å². The van der Waals surface area contributed by atoms with Crippen molar-refractivity contribution in [1.29, 1.82) is 0 Å². The first-order valence-corrected chi connectivity index (χ1v) is 7.47. The summed E-state index contributed by atoms with van der Waals surface area (Å²) in [6.45, 7) is 2.07. The van der Waals surface area contributed by atoms with Crippen molar-refractivity contribution < 1.29 is 14.3 Å². The molecule has 0 unspecified atom stereocenters. The molecule has 0 radical (unpaired) electrons. The molecule has 0 saturated carbocycles. The number of imidazole rings is 1. The molecule has 23 heavy (non-hydrogen) atoms. The number of rotatable bonds is 5. The maximum Gasteiger partial charge on any atom is 0.253 e. The van der Waals surface area contributed by atoms with Gasteiger partial charge in [-0.2, -0.15) is 0 Å². The molecule has 1 aromatic heterocycles. The Balaban J connectivity index is 1.87. The van der Waals surface area contributed by atoms with Crippen LogP contribution in [0.4, 0.5) is 5.69 Å². The lowest BCUT2D eigenvalue weighted by atomic mass is 10.2. The third kappa shape index (κ3) is 3.26. The highest BCUT2D eigenvalue weighted by molar-refractivity contribution is 5.94. The van der Waals surface area contributed by atoms with Gasteiger partial charge in [-0.05, 0) is 24.3 Å². The van der Waals surface area contributed by atoms with Crippen LogP contribution < -0.4 is 10.6 Å². The zero-order valence-corrected chi connectivity index (χ0v) is 13.1. The van der Waals surface area contributed by atoms with Crippen molar-refractivity contribution in [2.24, 2.45) is 5.73 Å². The van der Waals surface area contributed by atoms with E-state index in [1.54, 1.807) is 12.0 Å². The largest absolute Gasteiger partial charge is 0.377 e. The lowest BCUT2D eigenvalue weighted by molar-refractivity contribution is -0.125. The van der Waals surface area contributed by atoms with E-state index in [1.165, 1.54) is 0 Å². The third-order valence-corrected chi connectivity index (χ3v) is 3.74. The summed E-state index contributed by atoms with van der Waals surface area (Å²) in [4.78, 5) is 18.1. The van der Waals surface area contributed by atoms with Crippen molar-refractivity contribution in [3.05, 3.63) is 42.0 Å². The Labute approximate surface area is 134 Å². The summed E-state index contributed by atoms with van der Waals surface area (Å²) in [5.41, 5.74) is 8.30. The zero-order valence-electron chi connectivity index (χ0n) is 13.1. The third-order valence-electron chi connectivity index (χ3n) is 3.74. The number of hydrogen-bond donors (Lipinski definition) is 1. The number of ether oxygens (including phenoxy) is 2. The predicted octanol–water partition coefficient (Wildman–Crippen LogP) is 0.841. The van der Waals surface area contributed by atoms with Crippen LogP contribution in [0, 0.1) is 0 Å². The van der Waals surface area contributed by atoms with Gasteiger partial charge in [0.1, 0.15) is 19.0 Å². The van der Waals surface area contributed by atoms with Crippen LogP contribution in [-0.2, 0) is 27.4 Å². The van der Waals surface area contributed by atoms with Gasteiger partial charge in [-0.3, -0.25) is 4.79 Å². The highest BCUT2D eigenvalue weighted by Gasteiger charge is 2.20. The van der Waals surface area contributed by atoms with E-state index in [9.17, 15) is 4.79 Å². The van der Waals surface area contributed by atoms with Gasteiger partial charge in [0.2, 0.25) is 0 Å². The van der Waals surface area contributed by atoms with Crippen molar-refractivity contribution in [2.75, 3.05) is 31.8 Å². The predicted molar refractivity (Wildman–Crippen MR) is 85.3 cm³/mol. The van der Waals surface area contributed by atoms with Gasteiger partial charge in [0.05, 0.1) is 12.3 Å². The van der Waals surface area contributed by atoms with Gasteiger partial charge < -0.3 is 24.7 Å². The van der Waals surface area contributed by atoms with Crippen molar-refractivity contribution in [3.63, 3.8) is 0 Å². The van der Waals surface area contributed by atoms with Crippen LogP contribution >= 0.6 is 0 Å². The lowest BCUT2D eigenvalue weighted by Gasteiger charge is -2.27. The van der Waals surface area contributed by atoms with Gasteiger partial charge in [-0.25, -0.2) is 4.98 Å². The molecule has 2 heterocycles. The molecule has 1 fully saturated rings. The quantitative estimate of drug-likeness (QED) is 0.884. The Hall–Kier alpha value is -2.22. The molecule has 2 N–H and O–H groups in total. The number of carbonyl (C=O) groups excluding carboxylic acids is 1. The number of amides is 1. The maximum absolute atomic E-state index is 11.9. The Kier molecular flexibility index (Phi) is 4.71. The topological polar surface area (TPSA) is 82.6 Å². The summed E-state index contributed by atoms with van der Waals surface area (Å²) in [5, 5.41) is 0. The Morgan fingerprint density at radius 1 is 1.30 bits per heavy atom. The number of benzene rings is 1. The molecular weight excluding hydrogens is 296 g/mol. The van der Waals surface area contributed by atoms with Crippen molar-refractivity contribution in [2.45, 2.75) is 13.2 Å². The minimum Gasteiger partial charge on any atom is -0.377 e. The molecule has 122 valence electrons. The molecular formula is C16H20N4O3. The molecule has 1 amide bonds. The summed E-state index contributed by atoms with van der Waals surface area (Å²) in [6.07, 6.45) is 1.91. The smallest absolute Gasteiger partial charge is 0.253 e. The fourth-order valence-electron chi connectivity index (χ4n) is 2.61. The zero-order chi connectivity index (χ0) is 16.2. The minimum atomic E-state index is -0.0166. The first-order valence-electron chi connectivity index (χ1n) is 7.47. The number of nitrogens with two attached hydrogens (primary N) is 1. The van der Waals surface area contributed by atoms with Crippen LogP contribution in [0.2, 0.25) is 0 Å². The molecule has 2 aromatic rings. The number of nitrogens with zero attached hydrogens (tertiary/aromatic N) is 3. The highest BCUT2D eigenvalue weighted by Crippen LogP contribution is 2.21. The van der Waals surface area contributed by atoms with Gasteiger partial charge in [0.25, 0.3) is 5.91 Å². The van der Waals surface area contributed by atoms with Crippen LogP contribution in [0.5, 0.6) is 0 Å². The van der Waals surface area contributed by atoms with Crippen LogP contribution in [0.3, 0.4) is 0 Å². The van der Waals surface area contributed by atoms with Crippen LogP contribution in [0.15, 0.2) is 30.5 Å². The maximum atomic E-state index is 11.9. The van der Waals surface area contributed by atoms with Gasteiger partial charge in [-0.1, -0.05) is 0 Å². The number of anilines is 1. The average molecular weight is 316 g/mol. The standard InChI is InChI=1S/C16H20N4O3/c1-22-10-15-18-12(8-17)9-20(15)14-4-2-13(3-5-14)19-6-7-23-11-16(19)21/h2-5,9H,6-8,10-11,17H2,1H3. The second-order valence-electron chi connectivity index (χ2n) is 5.27. The fraction of sp³-hybridized carbons (Fsp3) is 0.375. The molecule has 3 rings (SSSR count). The lowest BCUT2D eigenvalue weighted by Crippen LogP contribution is -2.41. The van der Waals surface area contributed by atoms with E-state index in [4.69, 9.17) is 15.2 Å². The van der Waals surface area contributed by atoms with Crippen LogP contribution in [-0.4, -0.2) is 42.3 Å². The molecule has 1 aliphatic heterocycles. The minimum absolute atomic E-state index is 0.0166. The Bertz CT molecular complexity index is 681. The Morgan fingerprint density at radius 2 is 2.04 bits per heavy atom. The van der Waals surface area contributed by atoms with Crippen LogP contribution in [0.25, 0.3) is 5.69 Å². The fourth-order valence-corrected chi connectivity index (χ4v) is 2.61. The van der Waals surface area contributed by atoms with Gasteiger partial charge in [0.15, 0.2) is 0 Å². The first-order chi connectivity index (χ1) is 11.2. The van der Waals surface area contributed by atoms with Gasteiger partial charge in [-0.15, -0.1) is 0 Å². The number of carbonyl (C=O) groups is 1. The summed E-state index contributed by atoms with van der Waals surface area (Å²) >= 11 is 0. The van der Waals surface area contributed by atoms with Crippen molar-refractivity contribution >= 4 is 11.6 Å². The average Bonchev–Trinajstić information content (AvgIpc) is 2.99. The SMILES string of the molecule is COCc1nc(CN)cn1-c1ccc(N2CCOCC2=O)cc1. The van der Waals surface area contributed by atoms with Crippen LogP contribution in [0.1, 0.15) is 11.5 Å². The number of hydrogen-bond acceptors (Lipinski definition) is 5. The van der Waals surface area contributed by atoms with E-state index in [1.807, 2.05) is 35.0 Å². The highest BCUT2D eigenvalue weighted by atomic mass is 16.5. The molecule has 0 spiro atoms. The molecule has 1 aromatic carbocycles. The van der Waals surface area contributed by atoms with E-state index in [0.717, 1.165) is 22.9 Å². The molecule has 0 bridgehead atoms.